The fraction of sp³-hybridized carbons (Fsp3) is 0.0500. The van der Waals surface area contributed by atoms with Gasteiger partial charge in [0.25, 0.3) is 5.69 Å². The number of nitro benzene ring substituents is 1. The molecule has 0 fully saturated rings. The molecule has 0 saturated heterocycles. The zero-order valence-electron chi connectivity index (χ0n) is 13.8. The predicted molar refractivity (Wildman–Crippen MR) is 102 cm³/mol. The number of aromatic nitrogens is 2. The Morgan fingerprint density at radius 2 is 1.69 bits per heavy atom. The normalized spacial score (nSPS) is 10.8. The molecule has 0 aliphatic rings. The SMILES string of the molecule is O=[N+]([O-])c1ccc2nc(NCc3ccc(-c4ccccc4)cc3)[nH]c2c1. The van der Waals surface area contributed by atoms with Crippen LogP contribution in [0.3, 0.4) is 0 Å². The lowest BCUT2D eigenvalue weighted by Gasteiger charge is -2.05. The van der Waals surface area contributed by atoms with E-state index in [0.717, 1.165) is 5.56 Å². The summed E-state index contributed by atoms with van der Waals surface area (Å²) >= 11 is 0. The molecule has 2 N–H and O–H groups in total. The standard InChI is InChI=1S/C20H16N4O2/c25-24(26)17-10-11-18-19(12-17)23-20(22-18)21-13-14-6-8-16(9-7-14)15-4-2-1-3-5-15/h1-12H,13H2,(H2,21,22,23). The number of hydrogen-bond donors (Lipinski definition) is 2. The first-order valence-corrected chi connectivity index (χ1v) is 8.21. The maximum absolute atomic E-state index is 10.8. The Balaban J connectivity index is 1.47. The molecule has 0 aliphatic heterocycles. The van der Waals surface area contributed by atoms with Crippen molar-refractivity contribution >= 4 is 22.7 Å². The van der Waals surface area contributed by atoms with Crippen LogP contribution < -0.4 is 5.32 Å². The van der Waals surface area contributed by atoms with Gasteiger partial charge in [0.2, 0.25) is 5.95 Å². The summed E-state index contributed by atoms with van der Waals surface area (Å²) < 4.78 is 0. The maximum Gasteiger partial charge on any atom is 0.271 e. The highest BCUT2D eigenvalue weighted by atomic mass is 16.6. The summed E-state index contributed by atoms with van der Waals surface area (Å²) in [6.07, 6.45) is 0. The van der Waals surface area contributed by atoms with Crippen LogP contribution in [0.25, 0.3) is 22.2 Å². The third-order valence-corrected chi connectivity index (χ3v) is 4.20. The van der Waals surface area contributed by atoms with Gasteiger partial charge in [-0.05, 0) is 22.8 Å². The van der Waals surface area contributed by atoms with Crippen LogP contribution in [-0.4, -0.2) is 14.9 Å². The first-order chi connectivity index (χ1) is 12.7. The summed E-state index contributed by atoms with van der Waals surface area (Å²) in [5.41, 5.74) is 4.86. The molecule has 3 aromatic carbocycles. The second kappa shape index (κ2) is 6.68. The van der Waals surface area contributed by atoms with Crippen LogP contribution in [0.4, 0.5) is 11.6 Å². The van der Waals surface area contributed by atoms with E-state index in [9.17, 15) is 10.1 Å². The third-order valence-electron chi connectivity index (χ3n) is 4.20. The highest BCUT2D eigenvalue weighted by Gasteiger charge is 2.09. The highest BCUT2D eigenvalue weighted by molar-refractivity contribution is 5.79. The number of fused-ring (bicyclic) bond motifs is 1. The van der Waals surface area contributed by atoms with Gasteiger partial charge in [0.05, 0.1) is 16.0 Å². The Morgan fingerprint density at radius 3 is 2.42 bits per heavy atom. The summed E-state index contributed by atoms with van der Waals surface area (Å²) in [4.78, 5) is 17.9. The molecule has 26 heavy (non-hydrogen) atoms. The number of benzene rings is 3. The molecule has 0 bridgehead atoms. The van der Waals surface area contributed by atoms with E-state index in [4.69, 9.17) is 0 Å². The molecule has 0 saturated carbocycles. The summed E-state index contributed by atoms with van der Waals surface area (Å²) in [5.74, 6) is 0.590. The minimum Gasteiger partial charge on any atom is -0.352 e. The lowest BCUT2D eigenvalue weighted by atomic mass is 10.0. The van der Waals surface area contributed by atoms with Crippen LogP contribution in [0.1, 0.15) is 5.56 Å². The van der Waals surface area contributed by atoms with Crippen LogP contribution in [0, 0.1) is 10.1 Å². The smallest absolute Gasteiger partial charge is 0.271 e. The first kappa shape index (κ1) is 15.8. The summed E-state index contributed by atoms with van der Waals surface area (Å²) in [7, 11) is 0. The van der Waals surface area contributed by atoms with Crippen LogP contribution in [0.2, 0.25) is 0 Å². The van der Waals surface area contributed by atoms with Crippen molar-refractivity contribution in [3.8, 4) is 11.1 Å². The van der Waals surface area contributed by atoms with Crippen molar-refractivity contribution < 1.29 is 4.92 Å². The topological polar surface area (TPSA) is 83.8 Å². The van der Waals surface area contributed by atoms with Gasteiger partial charge in [0, 0.05) is 18.7 Å². The van der Waals surface area contributed by atoms with Crippen molar-refractivity contribution in [2.45, 2.75) is 6.54 Å². The van der Waals surface area contributed by atoms with E-state index in [1.54, 1.807) is 6.07 Å². The van der Waals surface area contributed by atoms with Gasteiger partial charge in [0.1, 0.15) is 0 Å². The minimum atomic E-state index is -0.415. The van der Waals surface area contributed by atoms with Gasteiger partial charge >= 0.3 is 0 Å². The van der Waals surface area contributed by atoms with Crippen LogP contribution in [0.5, 0.6) is 0 Å². The van der Waals surface area contributed by atoms with E-state index < -0.39 is 4.92 Å². The van der Waals surface area contributed by atoms with Crippen LogP contribution >= 0.6 is 0 Å². The van der Waals surface area contributed by atoms with E-state index in [1.165, 1.54) is 23.3 Å². The zero-order chi connectivity index (χ0) is 17.9. The molecule has 128 valence electrons. The molecule has 0 amide bonds. The van der Waals surface area contributed by atoms with Crippen molar-refractivity contribution in [3.63, 3.8) is 0 Å². The number of non-ortho nitro benzene ring substituents is 1. The molecule has 4 aromatic rings. The number of nitrogens with zero attached hydrogens (tertiary/aromatic N) is 2. The molecule has 0 aliphatic carbocycles. The lowest BCUT2D eigenvalue weighted by Crippen LogP contribution is -2.00. The summed E-state index contributed by atoms with van der Waals surface area (Å²) in [5, 5.41) is 14.1. The van der Waals surface area contributed by atoms with Gasteiger partial charge < -0.3 is 10.3 Å². The Bertz CT molecular complexity index is 1060. The fourth-order valence-corrected chi connectivity index (χ4v) is 2.83. The molecule has 0 atom stereocenters. The van der Waals surface area contributed by atoms with Crippen molar-refractivity contribution in [2.75, 3.05) is 5.32 Å². The molecule has 4 rings (SSSR count). The Hall–Kier alpha value is -3.67. The number of nitrogens with one attached hydrogen (secondary N) is 2. The van der Waals surface area contributed by atoms with Crippen molar-refractivity contribution in [1.29, 1.82) is 0 Å². The Kier molecular flexibility index (Phi) is 4.07. The third kappa shape index (κ3) is 3.25. The number of H-pyrrole nitrogens is 1. The average molecular weight is 344 g/mol. The summed E-state index contributed by atoms with van der Waals surface area (Å²) in [6, 6.07) is 23.1. The monoisotopic (exact) mass is 344 g/mol. The number of hydrogen-bond acceptors (Lipinski definition) is 4. The van der Waals surface area contributed by atoms with E-state index >= 15 is 0 Å². The van der Waals surface area contributed by atoms with E-state index in [1.807, 2.05) is 18.2 Å². The maximum atomic E-state index is 10.8. The van der Waals surface area contributed by atoms with Crippen LogP contribution in [-0.2, 0) is 6.54 Å². The van der Waals surface area contributed by atoms with Crippen LogP contribution in [0.15, 0.2) is 72.8 Å². The van der Waals surface area contributed by atoms with Gasteiger partial charge in [0.15, 0.2) is 0 Å². The summed E-state index contributed by atoms with van der Waals surface area (Å²) in [6.45, 7) is 0.608. The number of imidazole rings is 1. The van der Waals surface area contributed by atoms with Crippen molar-refractivity contribution in [2.24, 2.45) is 0 Å². The molecule has 6 nitrogen and oxygen atoms in total. The molecule has 0 spiro atoms. The lowest BCUT2D eigenvalue weighted by molar-refractivity contribution is -0.384. The highest BCUT2D eigenvalue weighted by Crippen LogP contribution is 2.22. The second-order valence-electron chi connectivity index (χ2n) is 5.96. The van der Waals surface area contributed by atoms with Gasteiger partial charge in [-0.3, -0.25) is 10.1 Å². The zero-order valence-corrected chi connectivity index (χ0v) is 13.8. The molecule has 0 radical (unpaired) electrons. The fourth-order valence-electron chi connectivity index (χ4n) is 2.83. The average Bonchev–Trinajstić information content (AvgIpc) is 3.09. The molecule has 0 unspecified atom stereocenters. The Labute approximate surface area is 149 Å². The van der Waals surface area contributed by atoms with Gasteiger partial charge in [-0.15, -0.1) is 0 Å². The van der Waals surface area contributed by atoms with Crippen molar-refractivity contribution in [3.05, 3.63) is 88.5 Å². The molecule has 1 aromatic heterocycles. The quantitative estimate of drug-likeness (QED) is 0.404. The largest absolute Gasteiger partial charge is 0.352 e. The van der Waals surface area contributed by atoms with Gasteiger partial charge in [-0.25, -0.2) is 4.98 Å². The number of anilines is 1. The number of rotatable bonds is 5. The Morgan fingerprint density at radius 1 is 0.962 bits per heavy atom. The molecule has 1 heterocycles. The van der Waals surface area contributed by atoms with Crippen molar-refractivity contribution in [1.82, 2.24) is 9.97 Å². The minimum absolute atomic E-state index is 0.0456. The van der Waals surface area contributed by atoms with Gasteiger partial charge in [-0.1, -0.05) is 54.6 Å². The second-order valence-corrected chi connectivity index (χ2v) is 5.96. The van der Waals surface area contributed by atoms with E-state index in [2.05, 4.69) is 51.7 Å². The predicted octanol–water partition coefficient (Wildman–Crippen LogP) is 4.75. The van der Waals surface area contributed by atoms with E-state index in [0.29, 0.717) is 23.5 Å². The van der Waals surface area contributed by atoms with E-state index in [-0.39, 0.29) is 5.69 Å². The molecule has 6 heteroatoms. The number of aromatic amines is 1. The first-order valence-electron chi connectivity index (χ1n) is 8.21. The molecular formula is C20H16N4O2. The number of nitro groups is 1. The van der Waals surface area contributed by atoms with Gasteiger partial charge in [-0.2, -0.15) is 0 Å². The molecular weight excluding hydrogens is 328 g/mol.